The molecule has 0 bridgehead atoms. The lowest BCUT2D eigenvalue weighted by molar-refractivity contribution is 1.03. The molecule has 0 aliphatic rings. The van der Waals surface area contributed by atoms with Crippen molar-refractivity contribution in [2.75, 3.05) is 11.1 Å². The number of aromatic nitrogens is 4. The Bertz CT molecular complexity index is 488. The molecule has 7 heteroatoms. The molecular weight excluding hydrogens is 196 g/mol. The molecule has 0 fully saturated rings. The fraction of sp³-hybridized carbons (Fsp3) is 0.125. The Labute approximate surface area is 84.8 Å². The molecule has 0 spiro atoms. The first kappa shape index (κ1) is 9.25. The van der Waals surface area contributed by atoms with Crippen molar-refractivity contribution in [2.45, 2.75) is 6.54 Å². The highest BCUT2D eigenvalue weighted by molar-refractivity contribution is 5.58. The first-order valence-corrected chi connectivity index (χ1v) is 4.31. The number of rotatable bonds is 3. The van der Waals surface area contributed by atoms with E-state index in [4.69, 9.17) is 5.73 Å². The lowest BCUT2D eigenvalue weighted by Crippen LogP contribution is -2.16. The number of H-pyrrole nitrogens is 2. The van der Waals surface area contributed by atoms with Crippen molar-refractivity contribution >= 4 is 11.5 Å². The molecule has 0 saturated heterocycles. The maximum absolute atomic E-state index is 11.1. The summed E-state index contributed by atoms with van der Waals surface area (Å²) < 4.78 is 0. The van der Waals surface area contributed by atoms with Crippen LogP contribution in [0.25, 0.3) is 0 Å². The summed E-state index contributed by atoms with van der Waals surface area (Å²) in [5, 5.41) is 2.93. The topological polar surface area (TPSA) is 112 Å². The van der Waals surface area contributed by atoms with Crippen LogP contribution in [0.2, 0.25) is 0 Å². The van der Waals surface area contributed by atoms with Crippen LogP contribution >= 0.6 is 0 Å². The number of imidazole rings is 1. The number of hydrogen-bond acceptors (Lipinski definition) is 5. The van der Waals surface area contributed by atoms with Crippen molar-refractivity contribution in [2.24, 2.45) is 0 Å². The van der Waals surface area contributed by atoms with E-state index in [0.29, 0.717) is 12.4 Å². The van der Waals surface area contributed by atoms with E-state index >= 15 is 0 Å². The monoisotopic (exact) mass is 206 g/mol. The molecule has 0 amide bonds. The summed E-state index contributed by atoms with van der Waals surface area (Å²) >= 11 is 0. The van der Waals surface area contributed by atoms with Gasteiger partial charge in [-0.05, 0) is 0 Å². The second-order valence-corrected chi connectivity index (χ2v) is 2.92. The van der Waals surface area contributed by atoms with Gasteiger partial charge in [-0.1, -0.05) is 0 Å². The number of nitrogen functional groups attached to an aromatic ring is 1. The predicted octanol–water partition coefficient (Wildman–Crippen LogP) is -0.313. The fourth-order valence-corrected chi connectivity index (χ4v) is 1.11. The molecule has 0 unspecified atom stereocenters. The summed E-state index contributed by atoms with van der Waals surface area (Å²) in [4.78, 5) is 24.2. The molecule has 0 saturated carbocycles. The summed E-state index contributed by atoms with van der Waals surface area (Å²) in [6.45, 7) is 0.487. The number of nitrogens with two attached hydrogens (primary N) is 1. The van der Waals surface area contributed by atoms with Crippen molar-refractivity contribution < 1.29 is 0 Å². The fourth-order valence-electron chi connectivity index (χ4n) is 1.11. The van der Waals surface area contributed by atoms with E-state index in [1.165, 1.54) is 6.33 Å². The average Bonchev–Trinajstić information content (AvgIpc) is 2.73. The molecule has 0 aliphatic heterocycles. The van der Waals surface area contributed by atoms with E-state index < -0.39 is 0 Å². The van der Waals surface area contributed by atoms with Gasteiger partial charge in [0.1, 0.15) is 5.69 Å². The Kier molecular flexibility index (Phi) is 2.36. The molecule has 0 aromatic carbocycles. The number of anilines is 2. The largest absolute Gasteiger partial charge is 0.391 e. The Balaban J connectivity index is 2.12. The van der Waals surface area contributed by atoms with Crippen molar-refractivity contribution in [3.05, 3.63) is 34.9 Å². The van der Waals surface area contributed by atoms with Crippen molar-refractivity contribution in [1.29, 1.82) is 0 Å². The third-order valence-electron chi connectivity index (χ3n) is 1.89. The average molecular weight is 206 g/mol. The Morgan fingerprint density at radius 3 is 3.00 bits per heavy atom. The van der Waals surface area contributed by atoms with E-state index in [1.807, 2.05) is 0 Å². The van der Waals surface area contributed by atoms with Gasteiger partial charge in [0.05, 0.1) is 24.9 Å². The van der Waals surface area contributed by atoms with E-state index in [2.05, 4.69) is 25.3 Å². The zero-order valence-electron chi connectivity index (χ0n) is 7.82. The summed E-state index contributed by atoms with van der Waals surface area (Å²) in [7, 11) is 0. The number of hydrogen-bond donors (Lipinski definition) is 4. The van der Waals surface area contributed by atoms with Crippen LogP contribution in [0.5, 0.6) is 0 Å². The zero-order valence-corrected chi connectivity index (χ0v) is 7.82. The Morgan fingerprint density at radius 1 is 1.40 bits per heavy atom. The van der Waals surface area contributed by atoms with Crippen LogP contribution in [0, 0.1) is 0 Å². The molecule has 7 nitrogen and oxygen atoms in total. The van der Waals surface area contributed by atoms with Gasteiger partial charge in [0.25, 0.3) is 5.56 Å². The minimum atomic E-state index is -0.350. The van der Waals surface area contributed by atoms with Crippen molar-refractivity contribution in [3.8, 4) is 0 Å². The van der Waals surface area contributed by atoms with Gasteiger partial charge in [0, 0.05) is 6.20 Å². The summed E-state index contributed by atoms with van der Waals surface area (Å²) in [5.74, 6) is 0.369. The van der Waals surface area contributed by atoms with Gasteiger partial charge in [-0.15, -0.1) is 0 Å². The first-order chi connectivity index (χ1) is 7.27. The normalized spacial score (nSPS) is 10.1. The van der Waals surface area contributed by atoms with Gasteiger partial charge in [0.2, 0.25) is 0 Å². The molecule has 15 heavy (non-hydrogen) atoms. The maximum atomic E-state index is 11.1. The lowest BCUT2D eigenvalue weighted by atomic mass is 10.4. The third-order valence-corrected chi connectivity index (χ3v) is 1.89. The van der Waals surface area contributed by atoms with Gasteiger partial charge in [-0.2, -0.15) is 0 Å². The molecule has 2 rings (SSSR count). The SMILES string of the molecule is Nc1c(NCc2cnc[nH]2)nc[nH]c1=O. The summed E-state index contributed by atoms with van der Waals surface area (Å²) in [6.07, 6.45) is 4.55. The minimum Gasteiger partial charge on any atom is -0.391 e. The Morgan fingerprint density at radius 2 is 2.27 bits per heavy atom. The maximum Gasteiger partial charge on any atom is 0.276 e. The second kappa shape index (κ2) is 3.82. The van der Waals surface area contributed by atoms with Crippen LogP contribution in [0.1, 0.15) is 5.69 Å². The van der Waals surface area contributed by atoms with Gasteiger partial charge in [-0.25, -0.2) is 9.97 Å². The quantitative estimate of drug-likeness (QED) is 0.550. The van der Waals surface area contributed by atoms with Crippen LogP contribution in [0.15, 0.2) is 23.6 Å². The second-order valence-electron chi connectivity index (χ2n) is 2.92. The molecule has 2 heterocycles. The van der Waals surface area contributed by atoms with Crippen molar-refractivity contribution in [3.63, 3.8) is 0 Å². The highest BCUT2D eigenvalue weighted by atomic mass is 16.1. The van der Waals surface area contributed by atoms with Crippen LogP contribution < -0.4 is 16.6 Å². The first-order valence-electron chi connectivity index (χ1n) is 4.31. The molecule has 0 atom stereocenters. The number of nitrogens with one attached hydrogen (secondary N) is 3. The van der Waals surface area contributed by atoms with E-state index in [9.17, 15) is 4.79 Å². The Hall–Kier alpha value is -2.31. The standard InChI is InChI=1S/C8H10N6O/c9-6-7(13-4-14-8(6)15)11-2-5-1-10-3-12-5/h1,3-4H,2,9H2,(H,10,12)(H2,11,13,14,15). The predicted molar refractivity (Wildman–Crippen MR) is 55.2 cm³/mol. The third kappa shape index (κ3) is 1.96. The van der Waals surface area contributed by atoms with Crippen LogP contribution in [0.4, 0.5) is 11.5 Å². The van der Waals surface area contributed by atoms with Crippen LogP contribution in [-0.4, -0.2) is 19.9 Å². The van der Waals surface area contributed by atoms with Crippen LogP contribution in [0.3, 0.4) is 0 Å². The smallest absolute Gasteiger partial charge is 0.276 e. The molecule has 5 N–H and O–H groups in total. The van der Waals surface area contributed by atoms with Gasteiger partial charge in [0.15, 0.2) is 5.82 Å². The lowest BCUT2D eigenvalue weighted by Gasteiger charge is -2.04. The van der Waals surface area contributed by atoms with E-state index in [-0.39, 0.29) is 11.2 Å². The minimum absolute atomic E-state index is 0.0806. The molecule has 78 valence electrons. The molecule has 2 aromatic heterocycles. The summed E-state index contributed by atoms with van der Waals surface area (Å²) in [5.41, 5.74) is 6.14. The number of aromatic amines is 2. The van der Waals surface area contributed by atoms with Crippen molar-refractivity contribution in [1.82, 2.24) is 19.9 Å². The highest BCUT2D eigenvalue weighted by Gasteiger charge is 2.03. The molecule has 2 aromatic rings. The molecular formula is C8H10N6O. The van der Waals surface area contributed by atoms with Gasteiger partial charge >= 0.3 is 0 Å². The number of nitrogens with zero attached hydrogens (tertiary/aromatic N) is 2. The summed E-state index contributed by atoms with van der Waals surface area (Å²) in [6, 6.07) is 0. The van der Waals surface area contributed by atoms with E-state index in [1.54, 1.807) is 12.5 Å². The van der Waals surface area contributed by atoms with Gasteiger partial charge < -0.3 is 21.0 Å². The van der Waals surface area contributed by atoms with Crippen LogP contribution in [-0.2, 0) is 6.54 Å². The highest BCUT2D eigenvalue weighted by Crippen LogP contribution is 2.08. The zero-order chi connectivity index (χ0) is 10.7. The molecule has 0 radical (unpaired) electrons. The van der Waals surface area contributed by atoms with E-state index in [0.717, 1.165) is 5.69 Å². The molecule has 0 aliphatic carbocycles. The van der Waals surface area contributed by atoms with Gasteiger partial charge in [-0.3, -0.25) is 4.79 Å².